The van der Waals surface area contributed by atoms with Crippen molar-refractivity contribution >= 4 is 5.82 Å². The molecule has 0 spiro atoms. The van der Waals surface area contributed by atoms with E-state index in [2.05, 4.69) is 18.1 Å². The molecule has 0 aliphatic carbocycles. The van der Waals surface area contributed by atoms with E-state index >= 15 is 0 Å². The number of anilines is 1. The number of nitrogens with zero attached hydrogens (tertiary/aromatic N) is 3. The summed E-state index contributed by atoms with van der Waals surface area (Å²) in [7, 11) is 0. The van der Waals surface area contributed by atoms with Crippen molar-refractivity contribution in [1.82, 2.24) is 9.78 Å². The summed E-state index contributed by atoms with van der Waals surface area (Å²) in [6.45, 7) is 5.89. The molecule has 4 nitrogen and oxygen atoms in total. The van der Waals surface area contributed by atoms with Crippen molar-refractivity contribution in [2.75, 3.05) is 5.73 Å². The van der Waals surface area contributed by atoms with Gasteiger partial charge in [0, 0.05) is 0 Å². The topological polar surface area (TPSA) is 67.6 Å². The van der Waals surface area contributed by atoms with E-state index < -0.39 is 0 Å². The lowest BCUT2D eigenvalue weighted by molar-refractivity contribution is 0.482. The van der Waals surface area contributed by atoms with Crippen molar-refractivity contribution in [1.29, 1.82) is 5.26 Å². The van der Waals surface area contributed by atoms with Gasteiger partial charge < -0.3 is 5.73 Å². The summed E-state index contributed by atoms with van der Waals surface area (Å²) in [6, 6.07) is 2.31. The van der Waals surface area contributed by atoms with Crippen LogP contribution in [0.5, 0.6) is 0 Å². The second kappa shape index (κ2) is 3.48. The molecule has 0 aromatic carbocycles. The maximum Gasteiger partial charge on any atom is 0.140 e. The number of hydrogen-bond acceptors (Lipinski definition) is 3. The Kier molecular flexibility index (Phi) is 2.57. The Morgan fingerprint density at radius 1 is 1.69 bits per heavy atom. The smallest absolute Gasteiger partial charge is 0.140 e. The number of hydrogen-bond donors (Lipinski definition) is 1. The number of nitrogen functional groups attached to an aromatic ring is 1. The first-order chi connectivity index (χ1) is 6.11. The molecule has 4 heteroatoms. The van der Waals surface area contributed by atoms with Gasteiger partial charge in [0.1, 0.15) is 17.5 Å². The van der Waals surface area contributed by atoms with Crippen LogP contribution in [0.3, 0.4) is 0 Å². The minimum absolute atomic E-state index is 0.251. The van der Waals surface area contributed by atoms with Gasteiger partial charge in [-0.15, -0.1) is 0 Å². The third kappa shape index (κ3) is 1.50. The highest BCUT2D eigenvalue weighted by atomic mass is 15.3. The SMILES string of the molecule is CCC(C)n1nc(C)c(C#N)c1N. The van der Waals surface area contributed by atoms with Crippen molar-refractivity contribution in [3.05, 3.63) is 11.3 Å². The third-order valence-electron chi connectivity index (χ3n) is 2.24. The molecule has 0 amide bonds. The summed E-state index contributed by atoms with van der Waals surface area (Å²) in [5.74, 6) is 0.481. The Bertz CT molecular complexity index is 345. The average molecular weight is 178 g/mol. The molecule has 1 atom stereocenters. The van der Waals surface area contributed by atoms with Crippen LogP contribution < -0.4 is 5.73 Å². The van der Waals surface area contributed by atoms with Crippen LogP contribution in [0.4, 0.5) is 5.82 Å². The highest BCUT2D eigenvalue weighted by molar-refractivity contribution is 5.51. The predicted octanol–water partition coefficient (Wildman–Crippen LogP) is 1.62. The van der Waals surface area contributed by atoms with Crippen molar-refractivity contribution in [3.63, 3.8) is 0 Å². The fourth-order valence-corrected chi connectivity index (χ4v) is 1.21. The summed E-state index contributed by atoms with van der Waals surface area (Å²) in [5, 5.41) is 13.0. The molecule has 0 saturated heterocycles. The molecule has 1 rings (SSSR count). The number of aryl methyl sites for hydroxylation is 1. The monoisotopic (exact) mass is 178 g/mol. The Hall–Kier alpha value is -1.50. The van der Waals surface area contributed by atoms with Crippen molar-refractivity contribution < 1.29 is 0 Å². The molecule has 0 fully saturated rings. The first-order valence-corrected chi connectivity index (χ1v) is 4.36. The van der Waals surface area contributed by atoms with Gasteiger partial charge in [-0.1, -0.05) is 6.92 Å². The zero-order chi connectivity index (χ0) is 10.0. The molecular formula is C9H14N4. The molecule has 13 heavy (non-hydrogen) atoms. The average Bonchev–Trinajstić information content (AvgIpc) is 2.40. The minimum Gasteiger partial charge on any atom is -0.383 e. The molecule has 0 aliphatic heterocycles. The molecule has 1 aromatic rings. The first kappa shape index (κ1) is 9.59. The van der Waals surface area contributed by atoms with Gasteiger partial charge in [-0.3, -0.25) is 0 Å². The quantitative estimate of drug-likeness (QED) is 0.748. The predicted molar refractivity (Wildman–Crippen MR) is 51.1 cm³/mol. The Balaban J connectivity index is 3.20. The van der Waals surface area contributed by atoms with E-state index in [4.69, 9.17) is 11.0 Å². The first-order valence-electron chi connectivity index (χ1n) is 4.36. The summed E-state index contributed by atoms with van der Waals surface area (Å²) in [6.07, 6.45) is 0.955. The highest BCUT2D eigenvalue weighted by Gasteiger charge is 2.14. The maximum atomic E-state index is 8.78. The van der Waals surface area contributed by atoms with Crippen LogP contribution in [0.15, 0.2) is 0 Å². The summed E-state index contributed by atoms with van der Waals surface area (Å²) >= 11 is 0. The van der Waals surface area contributed by atoms with Crippen molar-refractivity contribution in [2.45, 2.75) is 33.2 Å². The Morgan fingerprint density at radius 3 is 2.69 bits per heavy atom. The van der Waals surface area contributed by atoms with E-state index in [1.165, 1.54) is 0 Å². The van der Waals surface area contributed by atoms with E-state index in [0.29, 0.717) is 17.1 Å². The summed E-state index contributed by atoms with van der Waals surface area (Å²) < 4.78 is 1.72. The molecule has 0 radical (unpaired) electrons. The largest absolute Gasteiger partial charge is 0.383 e. The Labute approximate surface area is 78.0 Å². The standard InChI is InChI=1S/C9H14N4/c1-4-6(2)13-9(11)8(5-10)7(3)12-13/h6H,4,11H2,1-3H3. The van der Waals surface area contributed by atoms with Gasteiger partial charge in [0.05, 0.1) is 11.7 Å². The van der Waals surface area contributed by atoms with Crippen LogP contribution in [0.2, 0.25) is 0 Å². The van der Waals surface area contributed by atoms with Crippen LogP contribution in [-0.2, 0) is 0 Å². The molecule has 0 bridgehead atoms. The molecular weight excluding hydrogens is 164 g/mol. The van der Waals surface area contributed by atoms with Crippen molar-refractivity contribution in [3.8, 4) is 6.07 Å². The molecule has 1 heterocycles. The molecule has 1 aromatic heterocycles. The summed E-state index contributed by atoms with van der Waals surface area (Å²) in [5.41, 5.74) is 6.98. The van der Waals surface area contributed by atoms with Gasteiger partial charge in [-0.05, 0) is 20.3 Å². The van der Waals surface area contributed by atoms with Crippen LogP contribution >= 0.6 is 0 Å². The van der Waals surface area contributed by atoms with E-state index in [1.54, 1.807) is 11.6 Å². The number of aromatic nitrogens is 2. The van der Waals surface area contributed by atoms with E-state index in [1.807, 2.05) is 6.92 Å². The fraction of sp³-hybridized carbons (Fsp3) is 0.556. The number of nitriles is 1. The lowest BCUT2D eigenvalue weighted by atomic mass is 10.2. The second-order valence-electron chi connectivity index (χ2n) is 3.16. The van der Waals surface area contributed by atoms with Gasteiger partial charge in [-0.2, -0.15) is 10.4 Å². The van der Waals surface area contributed by atoms with Gasteiger partial charge in [-0.25, -0.2) is 4.68 Å². The van der Waals surface area contributed by atoms with E-state index in [0.717, 1.165) is 6.42 Å². The highest BCUT2D eigenvalue weighted by Crippen LogP contribution is 2.20. The molecule has 70 valence electrons. The molecule has 0 saturated carbocycles. The third-order valence-corrected chi connectivity index (χ3v) is 2.24. The zero-order valence-corrected chi connectivity index (χ0v) is 8.20. The van der Waals surface area contributed by atoms with E-state index in [9.17, 15) is 0 Å². The van der Waals surface area contributed by atoms with Gasteiger partial charge in [0.25, 0.3) is 0 Å². The number of nitrogens with two attached hydrogens (primary N) is 1. The van der Waals surface area contributed by atoms with Crippen molar-refractivity contribution in [2.24, 2.45) is 0 Å². The second-order valence-corrected chi connectivity index (χ2v) is 3.16. The van der Waals surface area contributed by atoms with E-state index in [-0.39, 0.29) is 6.04 Å². The lowest BCUT2D eigenvalue weighted by Gasteiger charge is -2.10. The summed E-state index contributed by atoms with van der Waals surface area (Å²) in [4.78, 5) is 0. The molecule has 0 aliphatic rings. The zero-order valence-electron chi connectivity index (χ0n) is 8.20. The van der Waals surface area contributed by atoms with Gasteiger partial charge in [0.15, 0.2) is 0 Å². The fourth-order valence-electron chi connectivity index (χ4n) is 1.21. The number of rotatable bonds is 2. The van der Waals surface area contributed by atoms with Crippen LogP contribution in [0, 0.1) is 18.3 Å². The Morgan fingerprint density at radius 2 is 2.31 bits per heavy atom. The van der Waals surface area contributed by atoms with Gasteiger partial charge in [0.2, 0.25) is 0 Å². The van der Waals surface area contributed by atoms with Crippen LogP contribution in [-0.4, -0.2) is 9.78 Å². The van der Waals surface area contributed by atoms with Crippen LogP contribution in [0.1, 0.15) is 37.6 Å². The van der Waals surface area contributed by atoms with Gasteiger partial charge >= 0.3 is 0 Å². The molecule has 1 unspecified atom stereocenters. The maximum absolute atomic E-state index is 8.78. The normalized spacial score (nSPS) is 12.5. The van der Waals surface area contributed by atoms with Crippen LogP contribution in [0.25, 0.3) is 0 Å². The lowest BCUT2D eigenvalue weighted by Crippen LogP contribution is -2.09. The molecule has 2 N–H and O–H groups in total. The minimum atomic E-state index is 0.251.